The number of likely N-dealkylation sites (tertiary alicyclic amines) is 1. The Hall–Kier alpha value is -2.21. The van der Waals surface area contributed by atoms with E-state index in [1.165, 1.54) is 11.1 Å². The van der Waals surface area contributed by atoms with E-state index in [1.807, 2.05) is 36.4 Å². The molecule has 3 rings (SSSR count). The van der Waals surface area contributed by atoms with E-state index in [-0.39, 0.29) is 18.8 Å². The predicted octanol–water partition coefficient (Wildman–Crippen LogP) is 3.36. The molecule has 0 aromatic heterocycles. The van der Waals surface area contributed by atoms with Crippen molar-refractivity contribution in [2.45, 2.75) is 25.0 Å². The quantitative estimate of drug-likeness (QED) is 0.687. The minimum absolute atomic E-state index is 0.0529. The Kier molecular flexibility index (Phi) is 7.39. The Morgan fingerprint density at radius 2 is 1.56 bits per heavy atom. The fourth-order valence-corrected chi connectivity index (χ4v) is 3.42. The Bertz CT molecular complexity index is 644. The molecule has 1 aliphatic heterocycles. The van der Waals surface area contributed by atoms with Crippen LogP contribution >= 0.6 is 0 Å². The van der Waals surface area contributed by atoms with Gasteiger partial charge in [-0.2, -0.15) is 0 Å². The number of carboxylic acids is 1. The maximum absolute atomic E-state index is 10.5. The predicted molar refractivity (Wildman–Crippen MR) is 104 cm³/mol. The topological polar surface area (TPSA) is 59.0 Å². The summed E-state index contributed by atoms with van der Waals surface area (Å²) in [5.74, 6) is -0.921. The van der Waals surface area contributed by atoms with Gasteiger partial charge in [0.25, 0.3) is 0 Å². The van der Waals surface area contributed by atoms with Crippen molar-refractivity contribution >= 4 is 5.97 Å². The molecule has 0 radical (unpaired) electrons. The molecular weight excluding hydrogens is 342 g/mol. The van der Waals surface area contributed by atoms with Gasteiger partial charge in [0.2, 0.25) is 0 Å². The monoisotopic (exact) mass is 369 g/mol. The van der Waals surface area contributed by atoms with Gasteiger partial charge in [-0.25, -0.2) is 4.79 Å². The Morgan fingerprint density at radius 3 is 2.07 bits per heavy atom. The lowest BCUT2D eigenvalue weighted by Gasteiger charge is -2.34. The SMILES string of the molecule is O=C(O)COCCN1CCC(OC(c2ccccc2)c2ccccc2)CC1. The van der Waals surface area contributed by atoms with E-state index in [0.717, 1.165) is 32.5 Å². The van der Waals surface area contributed by atoms with E-state index in [0.29, 0.717) is 6.61 Å². The zero-order valence-corrected chi connectivity index (χ0v) is 15.5. The number of nitrogens with zero attached hydrogens (tertiary/aromatic N) is 1. The lowest BCUT2D eigenvalue weighted by Crippen LogP contribution is -2.39. The van der Waals surface area contributed by atoms with E-state index in [9.17, 15) is 4.79 Å². The van der Waals surface area contributed by atoms with Crippen molar-refractivity contribution in [3.63, 3.8) is 0 Å². The number of hydrogen-bond acceptors (Lipinski definition) is 4. The van der Waals surface area contributed by atoms with Gasteiger partial charge in [-0.3, -0.25) is 0 Å². The summed E-state index contributed by atoms with van der Waals surface area (Å²) < 4.78 is 11.7. The fraction of sp³-hybridized carbons (Fsp3) is 0.409. The lowest BCUT2D eigenvalue weighted by molar-refractivity contribution is -0.142. The summed E-state index contributed by atoms with van der Waals surface area (Å²) in [5.41, 5.74) is 2.35. The van der Waals surface area contributed by atoms with Gasteiger partial charge in [0.1, 0.15) is 12.7 Å². The summed E-state index contributed by atoms with van der Waals surface area (Å²) >= 11 is 0. The second-order valence-corrected chi connectivity index (χ2v) is 6.82. The molecule has 0 bridgehead atoms. The van der Waals surface area contributed by atoms with Gasteiger partial charge in [-0.1, -0.05) is 60.7 Å². The zero-order chi connectivity index (χ0) is 18.9. The third kappa shape index (κ3) is 6.17. The molecule has 2 aromatic rings. The number of benzene rings is 2. The van der Waals surface area contributed by atoms with Crippen LogP contribution in [0.2, 0.25) is 0 Å². The van der Waals surface area contributed by atoms with Crippen LogP contribution in [-0.4, -0.2) is 54.9 Å². The van der Waals surface area contributed by atoms with Crippen molar-refractivity contribution in [2.24, 2.45) is 0 Å². The number of aliphatic carboxylic acids is 1. The number of rotatable bonds is 9. The molecule has 0 aliphatic carbocycles. The number of carbonyl (C=O) groups is 1. The van der Waals surface area contributed by atoms with Crippen molar-refractivity contribution in [2.75, 3.05) is 32.8 Å². The summed E-state index contributed by atoms with van der Waals surface area (Å²) in [6.07, 6.45) is 2.10. The zero-order valence-electron chi connectivity index (χ0n) is 15.5. The summed E-state index contributed by atoms with van der Waals surface area (Å²) in [6.45, 7) is 2.87. The van der Waals surface area contributed by atoms with E-state index in [1.54, 1.807) is 0 Å². The maximum Gasteiger partial charge on any atom is 0.329 e. The molecule has 0 saturated carbocycles. The molecule has 1 N–H and O–H groups in total. The molecule has 5 heteroatoms. The first-order valence-corrected chi connectivity index (χ1v) is 9.49. The van der Waals surface area contributed by atoms with Crippen LogP contribution in [0, 0.1) is 0 Å². The van der Waals surface area contributed by atoms with Crippen molar-refractivity contribution in [3.05, 3.63) is 71.8 Å². The average molecular weight is 369 g/mol. The lowest BCUT2D eigenvalue weighted by atomic mass is 10.00. The Balaban J connectivity index is 1.53. The van der Waals surface area contributed by atoms with Crippen LogP contribution in [0.1, 0.15) is 30.1 Å². The van der Waals surface area contributed by atoms with Crippen LogP contribution in [-0.2, 0) is 14.3 Å². The Morgan fingerprint density at radius 1 is 1.00 bits per heavy atom. The molecule has 1 fully saturated rings. The second-order valence-electron chi connectivity index (χ2n) is 6.82. The van der Waals surface area contributed by atoms with E-state index in [2.05, 4.69) is 29.2 Å². The standard InChI is InChI=1S/C22H27NO4/c24-21(25)17-26-16-15-23-13-11-20(12-14-23)27-22(18-7-3-1-4-8-18)19-9-5-2-6-10-19/h1-10,20,22H,11-17H2,(H,24,25). The van der Waals surface area contributed by atoms with E-state index < -0.39 is 5.97 Å². The molecule has 5 nitrogen and oxygen atoms in total. The highest BCUT2D eigenvalue weighted by atomic mass is 16.5. The minimum atomic E-state index is -0.921. The first-order chi connectivity index (χ1) is 13.2. The average Bonchev–Trinajstić information content (AvgIpc) is 2.71. The van der Waals surface area contributed by atoms with Crippen molar-refractivity contribution < 1.29 is 19.4 Å². The van der Waals surface area contributed by atoms with Crippen LogP contribution < -0.4 is 0 Å². The highest BCUT2D eigenvalue weighted by Crippen LogP contribution is 2.29. The molecule has 0 amide bonds. The molecule has 1 aliphatic rings. The van der Waals surface area contributed by atoms with Gasteiger partial charge in [-0.15, -0.1) is 0 Å². The molecule has 1 heterocycles. The molecule has 1 saturated heterocycles. The van der Waals surface area contributed by atoms with Crippen LogP contribution in [0.4, 0.5) is 0 Å². The number of hydrogen-bond donors (Lipinski definition) is 1. The van der Waals surface area contributed by atoms with Crippen LogP contribution in [0.5, 0.6) is 0 Å². The highest BCUT2D eigenvalue weighted by molar-refractivity contribution is 5.67. The van der Waals surface area contributed by atoms with Gasteiger partial charge in [-0.05, 0) is 24.0 Å². The van der Waals surface area contributed by atoms with Crippen LogP contribution in [0.3, 0.4) is 0 Å². The third-order valence-corrected chi connectivity index (χ3v) is 4.85. The summed E-state index contributed by atoms with van der Waals surface area (Å²) in [4.78, 5) is 12.8. The van der Waals surface area contributed by atoms with E-state index in [4.69, 9.17) is 14.6 Å². The van der Waals surface area contributed by atoms with Gasteiger partial charge in [0, 0.05) is 19.6 Å². The first kappa shape index (κ1) is 19.5. The maximum atomic E-state index is 10.5. The van der Waals surface area contributed by atoms with Crippen LogP contribution in [0.15, 0.2) is 60.7 Å². The summed E-state index contributed by atoms with van der Waals surface area (Å²) in [6, 6.07) is 20.7. The number of piperidine rings is 1. The van der Waals surface area contributed by atoms with Crippen LogP contribution in [0.25, 0.3) is 0 Å². The molecule has 2 aromatic carbocycles. The summed E-state index contributed by atoms with van der Waals surface area (Å²) in [7, 11) is 0. The normalized spacial score (nSPS) is 15.9. The molecule has 0 atom stereocenters. The van der Waals surface area contributed by atoms with Crippen molar-refractivity contribution in [1.29, 1.82) is 0 Å². The first-order valence-electron chi connectivity index (χ1n) is 9.49. The van der Waals surface area contributed by atoms with E-state index >= 15 is 0 Å². The molecule has 0 spiro atoms. The Labute approximate surface area is 160 Å². The highest BCUT2D eigenvalue weighted by Gasteiger charge is 2.24. The third-order valence-electron chi connectivity index (χ3n) is 4.85. The fourth-order valence-electron chi connectivity index (χ4n) is 3.42. The smallest absolute Gasteiger partial charge is 0.329 e. The molecule has 0 unspecified atom stereocenters. The second kappa shape index (κ2) is 10.2. The van der Waals surface area contributed by atoms with Gasteiger partial charge in [0.05, 0.1) is 12.7 Å². The number of carboxylic acid groups (broad SMARTS) is 1. The summed E-state index contributed by atoms with van der Waals surface area (Å²) in [5, 5.41) is 8.60. The minimum Gasteiger partial charge on any atom is -0.480 e. The van der Waals surface area contributed by atoms with Gasteiger partial charge < -0.3 is 19.5 Å². The molecule has 27 heavy (non-hydrogen) atoms. The largest absolute Gasteiger partial charge is 0.480 e. The van der Waals surface area contributed by atoms with Crippen molar-refractivity contribution in [3.8, 4) is 0 Å². The number of ether oxygens (including phenoxy) is 2. The van der Waals surface area contributed by atoms with Gasteiger partial charge >= 0.3 is 5.97 Å². The molecule has 144 valence electrons. The molecular formula is C22H27NO4. The van der Waals surface area contributed by atoms with Gasteiger partial charge in [0.15, 0.2) is 0 Å². The van der Waals surface area contributed by atoms with Crippen molar-refractivity contribution in [1.82, 2.24) is 4.90 Å².